The summed E-state index contributed by atoms with van der Waals surface area (Å²) >= 11 is 0. The standard InChI is InChI=1S/C18H24N2O7/c1-19(11-15(21)20-7-9-26-10-8-20)16(22)12-27-18(23)17-13(24-2)5-4-6-14(17)25-3/h4-6H,7-12H2,1-3H3. The summed E-state index contributed by atoms with van der Waals surface area (Å²) in [5.41, 5.74) is 0.0994. The van der Waals surface area contributed by atoms with Crippen molar-refractivity contribution in [1.82, 2.24) is 9.80 Å². The smallest absolute Gasteiger partial charge is 0.346 e. The highest BCUT2D eigenvalue weighted by atomic mass is 16.5. The number of hydrogen-bond acceptors (Lipinski definition) is 7. The van der Waals surface area contributed by atoms with Crippen LogP contribution in [-0.2, 0) is 19.1 Å². The molecule has 1 aliphatic rings. The molecule has 0 bridgehead atoms. The van der Waals surface area contributed by atoms with Crippen molar-refractivity contribution in [2.24, 2.45) is 0 Å². The molecule has 1 aromatic carbocycles. The molecule has 2 amide bonds. The largest absolute Gasteiger partial charge is 0.496 e. The van der Waals surface area contributed by atoms with Crippen LogP contribution in [0.1, 0.15) is 10.4 Å². The highest BCUT2D eigenvalue weighted by Gasteiger charge is 2.23. The number of morpholine rings is 1. The summed E-state index contributed by atoms with van der Waals surface area (Å²) in [4.78, 5) is 39.6. The van der Waals surface area contributed by atoms with Crippen LogP contribution in [0.4, 0.5) is 0 Å². The molecule has 148 valence electrons. The quantitative estimate of drug-likeness (QED) is 0.623. The Labute approximate surface area is 157 Å². The summed E-state index contributed by atoms with van der Waals surface area (Å²) in [7, 11) is 4.32. The van der Waals surface area contributed by atoms with E-state index < -0.39 is 18.5 Å². The van der Waals surface area contributed by atoms with Crippen LogP contribution in [0.2, 0.25) is 0 Å². The minimum Gasteiger partial charge on any atom is -0.496 e. The number of ether oxygens (including phenoxy) is 4. The lowest BCUT2D eigenvalue weighted by molar-refractivity contribution is -0.143. The van der Waals surface area contributed by atoms with Crippen LogP contribution in [0.25, 0.3) is 0 Å². The molecule has 1 fully saturated rings. The van der Waals surface area contributed by atoms with Gasteiger partial charge in [0.05, 0.1) is 34.0 Å². The number of nitrogens with zero attached hydrogens (tertiary/aromatic N) is 2. The molecule has 1 aromatic rings. The second-order valence-electron chi connectivity index (χ2n) is 5.86. The zero-order valence-corrected chi connectivity index (χ0v) is 15.7. The van der Waals surface area contributed by atoms with Crippen molar-refractivity contribution >= 4 is 17.8 Å². The molecule has 1 heterocycles. The van der Waals surface area contributed by atoms with Gasteiger partial charge in [0.15, 0.2) is 6.61 Å². The Morgan fingerprint density at radius 3 is 2.26 bits per heavy atom. The Hall–Kier alpha value is -2.81. The third-order valence-corrected chi connectivity index (χ3v) is 4.12. The van der Waals surface area contributed by atoms with Crippen LogP contribution >= 0.6 is 0 Å². The third kappa shape index (κ3) is 5.33. The molecule has 9 nitrogen and oxygen atoms in total. The van der Waals surface area contributed by atoms with E-state index in [0.29, 0.717) is 26.3 Å². The van der Waals surface area contributed by atoms with Gasteiger partial charge in [-0.2, -0.15) is 0 Å². The van der Waals surface area contributed by atoms with Gasteiger partial charge in [-0.25, -0.2) is 4.79 Å². The van der Waals surface area contributed by atoms with Crippen molar-refractivity contribution in [3.05, 3.63) is 23.8 Å². The molecule has 2 rings (SSSR count). The minimum atomic E-state index is -0.745. The summed E-state index contributed by atoms with van der Waals surface area (Å²) < 4.78 is 20.6. The first-order valence-electron chi connectivity index (χ1n) is 8.45. The summed E-state index contributed by atoms with van der Waals surface area (Å²) in [6.45, 7) is 1.40. The summed E-state index contributed by atoms with van der Waals surface area (Å²) in [5, 5.41) is 0. The Morgan fingerprint density at radius 1 is 1.11 bits per heavy atom. The van der Waals surface area contributed by atoms with Crippen LogP contribution in [0, 0.1) is 0 Å². The Morgan fingerprint density at radius 2 is 1.70 bits per heavy atom. The van der Waals surface area contributed by atoms with Crippen molar-refractivity contribution in [3.63, 3.8) is 0 Å². The molecular formula is C18H24N2O7. The Balaban J connectivity index is 1.91. The van der Waals surface area contributed by atoms with Gasteiger partial charge in [0.2, 0.25) is 5.91 Å². The molecule has 0 unspecified atom stereocenters. The van der Waals surface area contributed by atoms with Crippen molar-refractivity contribution in [3.8, 4) is 11.5 Å². The van der Waals surface area contributed by atoms with Gasteiger partial charge >= 0.3 is 5.97 Å². The zero-order valence-electron chi connectivity index (χ0n) is 15.7. The molecule has 9 heteroatoms. The highest BCUT2D eigenvalue weighted by molar-refractivity contribution is 5.97. The van der Waals surface area contributed by atoms with E-state index >= 15 is 0 Å². The van der Waals surface area contributed by atoms with Gasteiger partial charge in [0, 0.05) is 20.1 Å². The molecule has 0 aliphatic carbocycles. The number of carbonyl (C=O) groups excluding carboxylic acids is 3. The first-order valence-corrected chi connectivity index (χ1v) is 8.45. The van der Waals surface area contributed by atoms with E-state index in [1.807, 2.05) is 0 Å². The van der Waals surface area contributed by atoms with Crippen LogP contribution in [-0.4, -0.2) is 88.3 Å². The monoisotopic (exact) mass is 380 g/mol. The lowest BCUT2D eigenvalue weighted by Gasteiger charge is -2.28. The van der Waals surface area contributed by atoms with Crippen LogP contribution in [0.3, 0.4) is 0 Å². The number of hydrogen-bond donors (Lipinski definition) is 0. The molecule has 27 heavy (non-hydrogen) atoms. The van der Waals surface area contributed by atoms with Crippen LogP contribution in [0.5, 0.6) is 11.5 Å². The van der Waals surface area contributed by atoms with Gasteiger partial charge in [0.1, 0.15) is 17.1 Å². The zero-order chi connectivity index (χ0) is 19.8. The van der Waals surface area contributed by atoms with Gasteiger partial charge in [0.25, 0.3) is 5.91 Å². The Bertz CT molecular complexity index is 664. The van der Waals surface area contributed by atoms with E-state index in [-0.39, 0.29) is 29.5 Å². The van der Waals surface area contributed by atoms with Gasteiger partial charge in [-0.1, -0.05) is 6.07 Å². The molecule has 0 spiro atoms. The van der Waals surface area contributed by atoms with Gasteiger partial charge in [-0.15, -0.1) is 0 Å². The fourth-order valence-electron chi connectivity index (χ4n) is 2.57. The molecule has 1 saturated heterocycles. The summed E-state index contributed by atoms with van der Waals surface area (Å²) in [5.74, 6) is -0.846. The average molecular weight is 380 g/mol. The lowest BCUT2D eigenvalue weighted by atomic mass is 10.2. The highest BCUT2D eigenvalue weighted by Crippen LogP contribution is 2.28. The molecule has 0 saturated carbocycles. The maximum absolute atomic E-state index is 12.4. The predicted octanol–water partition coefficient (Wildman–Crippen LogP) is 0.178. The average Bonchev–Trinajstić information content (AvgIpc) is 2.71. The van der Waals surface area contributed by atoms with E-state index in [9.17, 15) is 14.4 Å². The number of benzene rings is 1. The van der Waals surface area contributed by atoms with Crippen molar-refractivity contribution < 1.29 is 33.3 Å². The number of amides is 2. The van der Waals surface area contributed by atoms with E-state index in [1.54, 1.807) is 23.1 Å². The van der Waals surface area contributed by atoms with E-state index in [1.165, 1.54) is 26.2 Å². The molecule has 0 N–H and O–H groups in total. The van der Waals surface area contributed by atoms with E-state index in [0.717, 1.165) is 0 Å². The fraction of sp³-hybridized carbons (Fsp3) is 0.500. The van der Waals surface area contributed by atoms with Crippen molar-refractivity contribution in [2.75, 3.05) is 60.7 Å². The maximum Gasteiger partial charge on any atom is 0.346 e. The maximum atomic E-state index is 12.4. The fourth-order valence-corrected chi connectivity index (χ4v) is 2.57. The lowest BCUT2D eigenvalue weighted by Crippen LogP contribution is -2.46. The molecule has 1 aliphatic heterocycles. The van der Waals surface area contributed by atoms with Crippen molar-refractivity contribution in [1.29, 1.82) is 0 Å². The van der Waals surface area contributed by atoms with Crippen molar-refractivity contribution in [2.45, 2.75) is 0 Å². The van der Waals surface area contributed by atoms with Crippen LogP contribution in [0.15, 0.2) is 18.2 Å². The molecular weight excluding hydrogens is 356 g/mol. The first-order chi connectivity index (χ1) is 13.0. The summed E-state index contributed by atoms with van der Waals surface area (Å²) in [6, 6.07) is 4.85. The number of rotatable bonds is 7. The third-order valence-electron chi connectivity index (χ3n) is 4.12. The number of methoxy groups -OCH3 is 2. The van der Waals surface area contributed by atoms with Gasteiger partial charge in [-0.05, 0) is 12.1 Å². The predicted molar refractivity (Wildman–Crippen MR) is 94.9 cm³/mol. The minimum absolute atomic E-state index is 0.0889. The van der Waals surface area contributed by atoms with Gasteiger partial charge in [-0.3, -0.25) is 9.59 Å². The number of esters is 1. The van der Waals surface area contributed by atoms with E-state index in [2.05, 4.69) is 0 Å². The number of carbonyl (C=O) groups is 3. The normalized spacial score (nSPS) is 13.7. The second-order valence-corrected chi connectivity index (χ2v) is 5.86. The topological polar surface area (TPSA) is 94.6 Å². The molecule has 0 aromatic heterocycles. The summed E-state index contributed by atoms with van der Waals surface area (Å²) in [6.07, 6.45) is 0. The Kier molecular flexibility index (Phi) is 7.42. The van der Waals surface area contributed by atoms with Gasteiger partial charge < -0.3 is 28.7 Å². The van der Waals surface area contributed by atoms with Crippen LogP contribution < -0.4 is 9.47 Å². The number of likely N-dealkylation sites (N-methyl/N-ethyl adjacent to an activating group) is 1. The first kappa shape index (κ1) is 20.5. The SMILES string of the molecule is COc1cccc(OC)c1C(=O)OCC(=O)N(C)CC(=O)N1CCOCC1. The van der Waals surface area contributed by atoms with E-state index in [4.69, 9.17) is 18.9 Å². The molecule has 0 radical (unpaired) electrons. The second kappa shape index (κ2) is 9.77. The molecule has 0 atom stereocenters.